The van der Waals surface area contributed by atoms with Crippen molar-refractivity contribution in [3.05, 3.63) is 24.0 Å². The van der Waals surface area contributed by atoms with Crippen LogP contribution in [0.2, 0.25) is 0 Å². The van der Waals surface area contributed by atoms with Crippen LogP contribution in [0.3, 0.4) is 0 Å². The number of benzene rings is 1. The van der Waals surface area contributed by atoms with Crippen molar-refractivity contribution in [1.29, 1.82) is 0 Å². The fourth-order valence-electron chi connectivity index (χ4n) is 1.73. The Labute approximate surface area is 124 Å². The van der Waals surface area contributed by atoms with E-state index in [4.69, 9.17) is 5.73 Å². The number of nitrogens with two attached hydrogens (primary N) is 1. The molecule has 1 atom stereocenters. The molecular weight excluding hydrogens is 297 g/mol. The van der Waals surface area contributed by atoms with Gasteiger partial charge in [0.2, 0.25) is 15.9 Å². The van der Waals surface area contributed by atoms with Crippen molar-refractivity contribution >= 4 is 27.3 Å². The van der Waals surface area contributed by atoms with Crippen LogP contribution < -0.4 is 15.8 Å². The number of nitrogens with one attached hydrogen (secondary N) is 2. The van der Waals surface area contributed by atoms with E-state index in [1.54, 1.807) is 0 Å². The van der Waals surface area contributed by atoms with Gasteiger partial charge in [-0.1, -0.05) is 13.8 Å². The number of amides is 1. The van der Waals surface area contributed by atoms with Crippen molar-refractivity contribution in [2.45, 2.75) is 26.3 Å². The highest BCUT2D eigenvalue weighted by Gasteiger charge is 2.16. The van der Waals surface area contributed by atoms with E-state index in [1.807, 2.05) is 18.6 Å². The first-order valence-corrected chi connectivity index (χ1v) is 8.31. The molecule has 8 heteroatoms. The van der Waals surface area contributed by atoms with E-state index in [0.717, 1.165) is 12.3 Å². The number of carbonyl (C=O) groups is 1. The molecule has 6 nitrogen and oxygen atoms in total. The lowest BCUT2D eigenvalue weighted by Crippen LogP contribution is -2.36. The van der Waals surface area contributed by atoms with Crippen LogP contribution in [0.25, 0.3) is 0 Å². The van der Waals surface area contributed by atoms with Crippen LogP contribution in [0, 0.1) is 11.7 Å². The standard InChI is InChI=1S/C13H20FN3O3S/c1-8(2)6-11(15)13(18)16-9-4-5-10(14)12(7-9)17-21(3,19)20/h4-5,7-8,11,17H,6,15H2,1-3H3,(H,16,18). The lowest BCUT2D eigenvalue weighted by Gasteiger charge is -2.15. The van der Waals surface area contributed by atoms with Crippen LogP contribution >= 0.6 is 0 Å². The zero-order chi connectivity index (χ0) is 16.2. The van der Waals surface area contributed by atoms with Gasteiger partial charge in [-0.2, -0.15) is 0 Å². The Hall–Kier alpha value is -1.67. The molecule has 0 heterocycles. The molecule has 1 amide bonds. The van der Waals surface area contributed by atoms with Crippen molar-refractivity contribution in [3.8, 4) is 0 Å². The minimum absolute atomic E-state index is 0.229. The molecule has 0 aliphatic rings. The van der Waals surface area contributed by atoms with E-state index in [1.165, 1.54) is 12.1 Å². The van der Waals surface area contributed by atoms with Gasteiger partial charge in [-0.15, -0.1) is 0 Å². The first-order chi connectivity index (χ1) is 9.58. The molecule has 0 saturated heterocycles. The van der Waals surface area contributed by atoms with Gasteiger partial charge in [0, 0.05) is 5.69 Å². The smallest absolute Gasteiger partial charge is 0.241 e. The van der Waals surface area contributed by atoms with Gasteiger partial charge in [-0.25, -0.2) is 12.8 Å². The third-order valence-electron chi connectivity index (χ3n) is 2.59. The fraction of sp³-hybridized carbons (Fsp3) is 0.462. The molecule has 0 aliphatic carbocycles. The maximum atomic E-state index is 13.5. The van der Waals surface area contributed by atoms with Crippen molar-refractivity contribution in [1.82, 2.24) is 0 Å². The summed E-state index contributed by atoms with van der Waals surface area (Å²) in [6.07, 6.45) is 1.43. The molecule has 4 N–H and O–H groups in total. The average Bonchev–Trinajstić information content (AvgIpc) is 2.30. The van der Waals surface area contributed by atoms with Gasteiger partial charge >= 0.3 is 0 Å². The summed E-state index contributed by atoms with van der Waals surface area (Å²) in [4.78, 5) is 11.9. The third kappa shape index (κ3) is 6.09. The van der Waals surface area contributed by atoms with Gasteiger partial charge in [0.15, 0.2) is 0 Å². The first kappa shape index (κ1) is 17.4. The summed E-state index contributed by atoms with van der Waals surface area (Å²) in [5.41, 5.74) is 5.78. The zero-order valence-corrected chi connectivity index (χ0v) is 13.0. The first-order valence-electron chi connectivity index (χ1n) is 6.42. The molecule has 0 saturated carbocycles. The van der Waals surface area contributed by atoms with Crippen molar-refractivity contribution in [2.24, 2.45) is 11.7 Å². The molecule has 21 heavy (non-hydrogen) atoms. The van der Waals surface area contributed by atoms with Gasteiger partial charge in [0.05, 0.1) is 18.0 Å². The molecule has 1 rings (SSSR count). The summed E-state index contributed by atoms with van der Waals surface area (Å²) >= 11 is 0. The number of anilines is 2. The second-order valence-corrected chi connectivity index (χ2v) is 7.04. The Bertz CT molecular complexity index is 617. The van der Waals surface area contributed by atoms with E-state index in [-0.39, 0.29) is 17.3 Å². The molecule has 1 aromatic carbocycles. The fourth-order valence-corrected chi connectivity index (χ4v) is 2.29. The Morgan fingerprint density at radius 3 is 2.52 bits per heavy atom. The van der Waals surface area contributed by atoms with Crippen LogP contribution in [0.5, 0.6) is 0 Å². The summed E-state index contributed by atoms with van der Waals surface area (Å²) in [7, 11) is -3.60. The number of hydrogen-bond donors (Lipinski definition) is 3. The summed E-state index contributed by atoms with van der Waals surface area (Å²) in [6, 6.07) is 2.93. The molecule has 118 valence electrons. The Morgan fingerprint density at radius 1 is 1.38 bits per heavy atom. The van der Waals surface area contributed by atoms with E-state index >= 15 is 0 Å². The second kappa shape index (κ2) is 6.86. The SMILES string of the molecule is CC(C)CC(N)C(=O)Nc1ccc(F)c(NS(C)(=O)=O)c1. The van der Waals surface area contributed by atoms with Crippen LogP contribution in [-0.4, -0.2) is 26.6 Å². The van der Waals surface area contributed by atoms with E-state index < -0.39 is 27.8 Å². The minimum Gasteiger partial charge on any atom is -0.325 e. The third-order valence-corrected chi connectivity index (χ3v) is 3.18. The molecule has 0 spiro atoms. The van der Waals surface area contributed by atoms with Crippen LogP contribution in [0.1, 0.15) is 20.3 Å². The Kier molecular flexibility index (Phi) is 5.68. The summed E-state index contributed by atoms with van der Waals surface area (Å²) < 4.78 is 37.8. The Balaban J connectivity index is 2.85. The number of carbonyl (C=O) groups excluding carboxylic acids is 1. The van der Waals surface area contributed by atoms with Crippen molar-refractivity contribution < 1.29 is 17.6 Å². The largest absolute Gasteiger partial charge is 0.325 e. The van der Waals surface area contributed by atoms with Crippen LogP contribution in [0.4, 0.5) is 15.8 Å². The topological polar surface area (TPSA) is 101 Å². The van der Waals surface area contributed by atoms with Gasteiger partial charge in [0.25, 0.3) is 0 Å². The van der Waals surface area contributed by atoms with E-state index in [9.17, 15) is 17.6 Å². The molecule has 0 aliphatic heterocycles. The predicted octanol–water partition coefficient (Wildman–Crippen LogP) is 1.51. The van der Waals surface area contributed by atoms with Gasteiger partial charge in [0.1, 0.15) is 5.82 Å². The van der Waals surface area contributed by atoms with E-state index in [2.05, 4.69) is 5.32 Å². The van der Waals surface area contributed by atoms with E-state index in [0.29, 0.717) is 6.42 Å². The lowest BCUT2D eigenvalue weighted by molar-refractivity contribution is -0.117. The van der Waals surface area contributed by atoms with Gasteiger partial charge < -0.3 is 11.1 Å². The highest BCUT2D eigenvalue weighted by atomic mass is 32.2. The molecule has 0 fully saturated rings. The predicted molar refractivity (Wildman–Crippen MR) is 80.9 cm³/mol. The minimum atomic E-state index is -3.60. The monoisotopic (exact) mass is 317 g/mol. The van der Waals surface area contributed by atoms with Crippen molar-refractivity contribution in [2.75, 3.05) is 16.3 Å². The highest BCUT2D eigenvalue weighted by Crippen LogP contribution is 2.20. The number of rotatable bonds is 6. The lowest BCUT2D eigenvalue weighted by atomic mass is 10.0. The van der Waals surface area contributed by atoms with Gasteiger partial charge in [-0.3, -0.25) is 9.52 Å². The Morgan fingerprint density at radius 2 is 2.00 bits per heavy atom. The summed E-state index contributed by atoms with van der Waals surface area (Å²) in [5.74, 6) is -0.869. The van der Waals surface area contributed by atoms with Crippen LogP contribution in [-0.2, 0) is 14.8 Å². The number of sulfonamides is 1. The molecule has 1 aromatic rings. The molecule has 0 bridgehead atoms. The quantitative estimate of drug-likeness (QED) is 0.740. The highest BCUT2D eigenvalue weighted by molar-refractivity contribution is 7.92. The molecule has 0 radical (unpaired) electrons. The maximum Gasteiger partial charge on any atom is 0.241 e. The normalized spacial score (nSPS) is 13.0. The summed E-state index contributed by atoms with van der Waals surface area (Å²) in [6.45, 7) is 3.89. The zero-order valence-electron chi connectivity index (χ0n) is 12.2. The number of halogens is 1. The van der Waals surface area contributed by atoms with Crippen LogP contribution in [0.15, 0.2) is 18.2 Å². The average molecular weight is 317 g/mol. The summed E-state index contributed by atoms with van der Waals surface area (Å²) in [5, 5.41) is 2.54. The molecule has 0 aromatic heterocycles. The van der Waals surface area contributed by atoms with Gasteiger partial charge in [-0.05, 0) is 30.5 Å². The molecule has 1 unspecified atom stereocenters. The maximum absolute atomic E-state index is 13.5. The number of hydrogen-bond acceptors (Lipinski definition) is 4. The van der Waals surface area contributed by atoms with Crippen molar-refractivity contribution in [3.63, 3.8) is 0 Å². The second-order valence-electron chi connectivity index (χ2n) is 5.29. The molecular formula is C13H20FN3O3S.